The van der Waals surface area contributed by atoms with E-state index in [1.165, 1.54) is 0 Å². The number of benzene rings is 1. The largest absolute Gasteiger partial charge is 0.206 e. The third-order valence-corrected chi connectivity index (χ3v) is 1.85. The number of aryl methyl sites for hydroxylation is 1. The predicted molar refractivity (Wildman–Crippen MR) is 45.8 cm³/mol. The molecule has 0 aromatic heterocycles. The first-order valence-corrected chi connectivity index (χ1v) is 3.90. The SMILES string of the molecule is C=Cc1c(F)c(F)cc(CC)c1F. The molecule has 0 spiro atoms. The van der Waals surface area contributed by atoms with Gasteiger partial charge in [-0.15, -0.1) is 0 Å². The molecule has 1 aromatic rings. The summed E-state index contributed by atoms with van der Waals surface area (Å²) in [5, 5.41) is 0. The number of hydrogen-bond acceptors (Lipinski definition) is 0. The summed E-state index contributed by atoms with van der Waals surface area (Å²) >= 11 is 0. The van der Waals surface area contributed by atoms with Crippen molar-refractivity contribution in [2.45, 2.75) is 13.3 Å². The quantitative estimate of drug-likeness (QED) is 0.621. The fourth-order valence-electron chi connectivity index (χ4n) is 1.11. The minimum atomic E-state index is -1.18. The monoisotopic (exact) mass is 186 g/mol. The van der Waals surface area contributed by atoms with Gasteiger partial charge < -0.3 is 0 Å². The Morgan fingerprint density at radius 1 is 1.31 bits per heavy atom. The van der Waals surface area contributed by atoms with E-state index >= 15 is 0 Å². The van der Waals surface area contributed by atoms with Crippen molar-refractivity contribution in [3.8, 4) is 0 Å². The average molecular weight is 186 g/mol. The van der Waals surface area contributed by atoms with E-state index in [1.54, 1.807) is 6.92 Å². The van der Waals surface area contributed by atoms with Gasteiger partial charge in [0, 0.05) is 5.56 Å². The molecule has 0 heterocycles. The molecule has 0 aliphatic rings. The van der Waals surface area contributed by atoms with Crippen molar-refractivity contribution >= 4 is 6.08 Å². The highest BCUT2D eigenvalue weighted by Crippen LogP contribution is 2.21. The lowest BCUT2D eigenvalue weighted by atomic mass is 10.1. The zero-order valence-corrected chi connectivity index (χ0v) is 7.20. The molecule has 0 N–H and O–H groups in total. The van der Waals surface area contributed by atoms with Crippen LogP contribution in [-0.2, 0) is 6.42 Å². The van der Waals surface area contributed by atoms with Crippen LogP contribution >= 0.6 is 0 Å². The van der Waals surface area contributed by atoms with E-state index in [0.29, 0.717) is 6.42 Å². The molecular formula is C10H9F3. The van der Waals surface area contributed by atoms with Gasteiger partial charge in [-0.05, 0) is 18.1 Å². The van der Waals surface area contributed by atoms with Gasteiger partial charge in [-0.25, -0.2) is 13.2 Å². The fourth-order valence-corrected chi connectivity index (χ4v) is 1.11. The van der Waals surface area contributed by atoms with Crippen LogP contribution in [0.5, 0.6) is 0 Å². The van der Waals surface area contributed by atoms with Crippen molar-refractivity contribution in [1.29, 1.82) is 0 Å². The number of hydrogen-bond donors (Lipinski definition) is 0. The average Bonchev–Trinajstić information content (AvgIpc) is 2.12. The van der Waals surface area contributed by atoms with Crippen LogP contribution in [0, 0.1) is 17.5 Å². The summed E-state index contributed by atoms with van der Waals surface area (Å²) in [6, 6.07) is 0.873. The summed E-state index contributed by atoms with van der Waals surface area (Å²) in [5.74, 6) is -2.94. The van der Waals surface area contributed by atoms with Crippen LogP contribution < -0.4 is 0 Å². The zero-order chi connectivity index (χ0) is 10.0. The second kappa shape index (κ2) is 3.64. The summed E-state index contributed by atoms with van der Waals surface area (Å²) in [4.78, 5) is 0. The van der Waals surface area contributed by atoms with E-state index in [9.17, 15) is 13.2 Å². The summed E-state index contributed by atoms with van der Waals surface area (Å²) in [6.07, 6.45) is 1.30. The fraction of sp³-hybridized carbons (Fsp3) is 0.200. The van der Waals surface area contributed by atoms with Crippen LogP contribution in [0.2, 0.25) is 0 Å². The molecule has 0 amide bonds. The lowest BCUT2D eigenvalue weighted by Gasteiger charge is -2.05. The molecular weight excluding hydrogens is 177 g/mol. The molecule has 3 heteroatoms. The molecule has 13 heavy (non-hydrogen) atoms. The van der Waals surface area contributed by atoms with E-state index in [4.69, 9.17) is 0 Å². The topological polar surface area (TPSA) is 0 Å². The summed E-state index contributed by atoms with van der Waals surface area (Å²) in [6.45, 7) is 4.89. The van der Waals surface area contributed by atoms with Gasteiger partial charge in [-0.3, -0.25) is 0 Å². The standard InChI is InChI=1S/C10H9F3/c1-3-6-5-8(11)10(13)7(4-2)9(6)12/h4-5H,2-3H2,1H3. The van der Waals surface area contributed by atoms with Crippen LogP contribution in [0.25, 0.3) is 6.08 Å². The molecule has 0 bridgehead atoms. The first-order valence-electron chi connectivity index (χ1n) is 3.90. The second-order valence-electron chi connectivity index (χ2n) is 2.62. The van der Waals surface area contributed by atoms with Crippen LogP contribution in [-0.4, -0.2) is 0 Å². The highest BCUT2D eigenvalue weighted by molar-refractivity contribution is 5.50. The number of halogens is 3. The third kappa shape index (κ3) is 1.59. The van der Waals surface area contributed by atoms with Crippen LogP contribution in [0.1, 0.15) is 18.1 Å². The maximum atomic E-state index is 13.2. The van der Waals surface area contributed by atoms with E-state index in [1.807, 2.05) is 0 Å². The van der Waals surface area contributed by atoms with E-state index in [2.05, 4.69) is 6.58 Å². The minimum Gasteiger partial charge on any atom is -0.206 e. The zero-order valence-electron chi connectivity index (χ0n) is 7.20. The van der Waals surface area contributed by atoms with Crippen molar-refractivity contribution in [3.63, 3.8) is 0 Å². The van der Waals surface area contributed by atoms with Crippen molar-refractivity contribution in [2.24, 2.45) is 0 Å². The molecule has 70 valence electrons. The molecule has 0 nitrogen and oxygen atoms in total. The van der Waals surface area contributed by atoms with Gasteiger partial charge in [-0.2, -0.15) is 0 Å². The van der Waals surface area contributed by atoms with Gasteiger partial charge >= 0.3 is 0 Å². The van der Waals surface area contributed by atoms with Gasteiger partial charge in [0.05, 0.1) is 0 Å². The molecule has 0 unspecified atom stereocenters. The molecule has 1 rings (SSSR count). The Morgan fingerprint density at radius 3 is 2.38 bits per heavy atom. The molecule has 0 aliphatic carbocycles. The van der Waals surface area contributed by atoms with Crippen molar-refractivity contribution in [3.05, 3.63) is 41.2 Å². The maximum Gasteiger partial charge on any atom is 0.168 e. The Balaban J connectivity index is 3.47. The molecule has 0 fully saturated rings. The van der Waals surface area contributed by atoms with Gasteiger partial charge in [0.25, 0.3) is 0 Å². The first-order chi connectivity index (χ1) is 6.11. The Labute approximate surface area is 74.7 Å². The minimum absolute atomic E-state index is 0.161. The third-order valence-electron chi connectivity index (χ3n) is 1.85. The molecule has 1 aromatic carbocycles. The summed E-state index contributed by atoms with van der Waals surface area (Å²) < 4.78 is 38.9. The molecule has 0 radical (unpaired) electrons. The van der Waals surface area contributed by atoms with Crippen LogP contribution in [0.3, 0.4) is 0 Å². The van der Waals surface area contributed by atoms with Gasteiger partial charge in [-0.1, -0.05) is 19.6 Å². The molecule has 0 saturated heterocycles. The Hall–Kier alpha value is -1.25. The molecule has 0 saturated carbocycles. The van der Waals surface area contributed by atoms with Crippen molar-refractivity contribution in [2.75, 3.05) is 0 Å². The Morgan fingerprint density at radius 2 is 1.92 bits per heavy atom. The smallest absolute Gasteiger partial charge is 0.168 e. The second-order valence-corrected chi connectivity index (χ2v) is 2.62. The summed E-state index contributed by atoms with van der Waals surface area (Å²) in [5.41, 5.74) is -0.231. The van der Waals surface area contributed by atoms with E-state index in [0.717, 1.165) is 12.1 Å². The predicted octanol–water partition coefficient (Wildman–Crippen LogP) is 3.31. The first kappa shape index (κ1) is 9.84. The molecule has 0 atom stereocenters. The maximum absolute atomic E-state index is 13.2. The van der Waals surface area contributed by atoms with Gasteiger partial charge in [0.2, 0.25) is 0 Å². The normalized spacial score (nSPS) is 10.2. The van der Waals surface area contributed by atoms with Crippen LogP contribution in [0.15, 0.2) is 12.6 Å². The lowest BCUT2D eigenvalue weighted by molar-refractivity contribution is 0.488. The van der Waals surface area contributed by atoms with E-state index < -0.39 is 23.0 Å². The lowest BCUT2D eigenvalue weighted by Crippen LogP contribution is -1.99. The van der Waals surface area contributed by atoms with Gasteiger partial charge in [0.15, 0.2) is 11.6 Å². The highest BCUT2D eigenvalue weighted by atomic mass is 19.2. The van der Waals surface area contributed by atoms with Gasteiger partial charge in [0.1, 0.15) is 5.82 Å². The highest BCUT2D eigenvalue weighted by Gasteiger charge is 2.14. The Kier molecular flexibility index (Phi) is 2.76. The summed E-state index contributed by atoms with van der Waals surface area (Å²) in [7, 11) is 0. The Bertz CT molecular complexity index is 343. The molecule has 0 aliphatic heterocycles. The van der Waals surface area contributed by atoms with E-state index in [-0.39, 0.29) is 5.56 Å². The van der Waals surface area contributed by atoms with Crippen molar-refractivity contribution in [1.82, 2.24) is 0 Å². The van der Waals surface area contributed by atoms with Crippen LogP contribution in [0.4, 0.5) is 13.2 Å². The number of rotatable bonds is 2. The van der Waals surface area contributed by atoms with Crippen molar-refractivity contribution < 1.29 is 13.2 Å².